The molecule has 1 aliphatic rings. The fourth-order valence-electron chi connectivity index (χ4n) is 2.11. The van der Waals surface area contributed by atoms with Gasteiger partial charge in [0.2, 0.25) is 0 Å². The molecule has 0 atom stereocenters. The third-order valence-corrected chi connectivity index (χ3v) is 3.13. The van der Waals surface area contributed by atoms with E-state index < -0.39 is 0 Å². The standard InChI is InChI=1S/C14H19NO3/c1-15(7-5-14(16)17-2)10-11-3-4-13-12(9-11)6-8-18-13/h3-4,9H,5-8,10H2,1-2H3. The summed E-state index contributed by atoms with van der Waals surface area (Å²) in [5, 5.41) is 0. The summed E-state index contributed by atoms with van der Waals surface area (Å²) in [6.07, 6.45) is 1.43. The molecule has 0 saturated carbocycles. The average Bonchev–Trinajstić information content (AvgIpc) is 2.83. The first-order valence-electron chi connectivity index (χ1n) is 6.19. The van der Waals surface area contributed by atoms with Crippen LogP contribution >= 0.6 is 0 Å². The van der Waals surface area contributed by atoms with Crippen molar-refractivity contribution in [2.75, 3.05) is 27.3 Å². The van der Waals surface area contributed by atoms with E-state index in [9.17, 15) is 4.79 Å². The molecule has 4 nitrogen and oxygen atoms in total. The van der Waals surface area contributed by atoms with Gasteiger partial charge in [-0.2, -0.15) is 0 Å². The molecule has 0 N–H and O–H groups in total. The highest BCUT2D eigenvalue weighted by Crippen LogP contribution is 2.26. The smallest absolute Gasteiger partial charge is 0.306 e. The maximum Gasteiger partial charge on any atom is 0.306 e. The number of nitrogens with zero attached hydrogens (tertiary/aromatic N) is 1. The van der Waals surface area contributed by atoms with Crippen molar-refractivity contribution in [2.45, 2.75) is 19.4 Å². The largest absolute Gasteiger partial charge is 0.493 e. The second-order valence-electron chi connectivity index (χ2n) is 4.60. The lowest BCUT2D eigenvalue weighted by Gasteiger charge is -2.16. The van der Waals surface area contributed by atoms with Crippen LogP contribution in [-0.2, 0) is 22.5 Å². The number of carbonyl (C=O) groups excluding carboxylic acids is 1. The maximum atomic E-state index is 11.1. The van der Waals surface area contributed by atoms with E-state index in [2.05, 4.69) is 21.8 Å². The van der Waals surface area contributed by atoms with Crippen molar-refractivity contribution in [3.8, 4) is 5.75 Å². The molecule has 0 saturated heterocycles. The third kappa shape index (κ3) is 3.23. The van der Waals surface area contributed by atoms with Gasteiger partial charge in [-0.15, -0.1) is 0 Å². The Morgan fingerprint density at radius 3 is 3.11 bits per heavy atom. The molecule has 2 rings (SSSR count). The summed E-state index contributed by atoms with van der Waals surface area (Å²) in [5.74, 6) is 0.847. The summed E-state index contributed by atoms with van der Waals surface area (Å²) in [6.45, 7) is 2.33. The van der Waals surface area contributed by atoms with Crippen LogP contribution < -0.4 is 4.74 Å². The van der Waals surface area contributed by atoms with E-state index in [0.717, 1.165) is 25.3 Å². The van der Waals surface area contributed by atoms with Crippen LogP contribution in [0.4, 0.5) is 0 Å². The predicted molar refractivity (Wildman–Crippen MR) is 68.6 cm³/mol. The molecule has 1 heterocycles. The second-order valence-corrected chi connectivity index (χ2v) is 4.60. The monoisotopic (exact) mass is 249 g/mol. The van der Waals surface area contributed by atoms with E-state index in [-0.39, 0.29) is 5.97 Å². The highest BCUT2D eigenvalue weighted by atomic mass is 16.5. The fourth-order valence-corrected chi connectivity index (χ4v) is 2.11. The molecule has 0 aliphatic carbocycles. The molecule has 0 unspecified atom stereocenters. The molecule has 0 bridgehead atoms. The number of hydrogen-bond donors (Lipinski definition) is 0. The van der Waals surface area contributed by atoms with Gasteiger partial charge in [-0.3, -0.25) is 4.79 Å². The summed E-state index contributed by atoms with van der Waals surface area (Å²) in [5.41, 5.74) is 2.54. The quantitative estimate of drug-likeness (QED) is 0.743. The van der Waals surface area contributed by atoms with Gasteiger partial charge in [0.1, 0.15) is 5.75 Å². The number of methoxy groups -OCH3 is 1. The Balaban J connectivity index is 1.87. The van der Waals surface area contributed by atoms with Crippen LogP contribution in [0.15, 0.2) is 18.2 Å². The molecule has 0 spiro atoms. The molecular formula is C14H19NO3. The summed E-state index contributed by atoms with van der Waals surface area (Å²) in [4.78, 5) is 13.2. The number of hydrogen-bond acceptors (Lipinski definition) is 4. The Bertz CT molecular complexity index is 431. The summed E-state index contributed by atoms with van der Waals surface area (Å²) < 4.78 is 10.1. The van der Waals surface area contributed by atoms with E-state index in [4.69, 9.17) is 4.74 Å². The van der Waals surface area contributed by atoms with Crippen LogP contribution in [0.2, 0.25) is 0 Å². The number of esters is 1. The van der Waals surface area contributed by atoms with Crippen LogP contribution in [0.25, 0.3) is 0 Å². The lowest BCUT2D eigenvalue weighted by Crippen LogP contribution is -2.21. The first-order chi connectivity index (χ1) is 8.69. The molecule has 1 aliphatic heterocycles. The van der Waals surface area contributed by atoms with Gasteiger partial charge < -0.3 is 14.4 Å². The van der Waals surface area contributed by atoms with Crippen molar-refractivity contribution in [3.63, 3.8) is 0 Å². The topological polar surface area (TPSA) is 38.8 Å². The molecule has 0 amide bonds. The van der Waals surface area contributed by atoms with Gasteiger partial charge >= 0.3 is 5.97 Å². The Morgan fingerprint density at radius 2 is 2.33 bits per heavy atom. The minimum absolute atomic E-state index is 0.163. The van der Waals surface area contributed by atoms with Crippen molar-refractivity contribution in [1.29, 1.82) is 0 Å². The Hall–Kier alpha value is -1.55. The summed E-state index contributed by atoms with van der Waals surface area (Å²) >= 11 is 0. The van der Waals surface area contributed by atoms with E-state index in [1.165, 1.54) is 18.2 Å². The van der Waals surface area contributed by atoms with E-state index in [0.29, 0.717) is 13.0 Å². The first-order valence-corrected chi connectivity index (χ1v) is 6.19. The number of ether oxygens (including phenoxy) is 2. The molecule has 4 heteroatoms. The highest BCUT2D eigenvalue weighted by Gasteiger charge is 2.12. The van der Waals surface area contributed by atoms with Gasteiger partial charge in [0.25, 0.3) is 0 Å². The lowest BCUT2D eigenvalue weighted by molar-refractivity contribution is -0.140. The van der Waals surface area contributed by atoms with Gasteiger partial charge in [0.05, 0.1) is 20.1 Å². The molecule has 0 radical (unpaired) electrons. The zero-order valence-electron chi connectivity index (χ0n) is 10.9. The van der Waals surface area contributed by atoms with E-state index in [1.54, 1.807) is 0 Å². The fraction of sp³-hybridized carbons (Fsp3) is 0.500. The Morgan fingerprint density at radius 1 is 1.50 bits per heavy atom. The van der Waals surface area contributed by atoms with Crippen molar-refractivity contribution in [3.05, 3.63) is 29.3 Å². The second kappa shape index (κ2) is 5.87. The predicted octanol–water partition coefficient (Wildman–Crippen LogP) is 1.62. The Labute approximate surface area is 107 Å². The summed E-state index contributed by atoms with van der Waals surface area (Å²) in [7, 11) is 3.43. The van der Waals surface area contributed by atoms with Crippen molar-refractivity contribution < 1.29 is 14.3 Å². The van der Waals surface area contributed by atoms with Crippen LogP contribution in [0.5, 0.6) is 5.75 Å². The molecule has 0 fully saturated rings. The molecule has 0 aromatic heterocycles. The molecule has 1 aromatic carbocycles. The number of benzene rings is 1. The van der Waals surface area contributed by atoms with Gasteiger partial charge in [-0.05, 0) is 24.2 Å². The molecule has 98 valence electrons. The number of fused-ring (bicyclic) bond motifs is 1. The third-order valence-electron chi connectivity index (χ3n) is 3.13. The Kier molecular flexibility index (Phi) is 4.20. The molecule has 1 aromatic rings. The van der Waals surface area contributed by atoms with Gasteiger partial charge in [0, 0.05) is 19.5 Å². The molecular weight excluding hydrogens is 230 g/mol. The first kappa shape index (κ1) is 12.9. The average molecular weight is 249 g/mol. The molecule has 18 heavy (non-hydrogen) atoms. The number of rotatable bonds is 5. The maximum absolute atomic E-state index is 11.1. The SMILES string of the molecule is COC(=O)CCN(C)Cc1ccc2c(c1)CCO2. The van der Waals surface area contributed by atoms with Crippen molar-refractivity contribution in [2.24, 2.45) is 0 Å². The minimum atomic E-state index is -0.163. The van der Waals surface area contributed by atoms with Crippen molar-refractivity contribution >= 4 is 5.97 Å². The zero-order valence-corrected chi connectivity index (χ0v) is 10.9. The van der Waals surface area contributed by atoms with Crippen molar-refractivity contribution in [1.82, 2.24) is 4.90 Å². The number of carbonyl (C=O) groups is 1. The van der Waals surface area contributed by atoms with E-state index in [1.807, 2.05) is 13.1 Å². The van der Waals surface area contributed by atoms with Gasteiger partial charge in [0.15, 0.2) is 0 Å². The van der Waals surface area contributed by atoms with Crippen LogP contribution in [0.3, 0.4) is 0 Å². The van der Waals surface area contributed by atoms with Gasteiger partial charge in [-0.1, -0.05) is 12.1 Å². The minimum Gasteiger partial charge on any atom is -0.493 e. The van der Waals surface area contributed by atoms with Crippen LogP contribution in [0, 0.1) is 0 Å². The van der Waals surface area contributed by atoms with E-state index >= 15 is 0 Å². The normalized spacial score (nSPS) is 13.3. The highest BCUT2D eigenvalue weighted by molar-refractivity contribution is 5.69. The van der Waals surface area contributed by atoms with Crippen LogP contribution in [0.1, 0.15) is 17.5 Å². The summed E-state index contributed by atoms with van der Waals surface area (Å²) in [6, 6.07) is 6.31. The van der Waals surface area contributed by atoms with Gasteiger partial charge in [-0.25, -0.2) is 0 Å². The van der Waals surface area contributed by atoms with Crippen LogP contribution in [-0.4, -0.2) is 38.2 Å². The lowest BCUT2D eigenvalue weighted by atomic mass is 10.1. The zero-order chi connectivity index (χ0) is 13.0.